The maximum atomic E-state index is 14.4. The SMILES string of the molecule is CN(C)CCCn1nc2cc(-c3ccccc3F)ccc2c1NC1CC(NC(=O)OC(C)(C)C)C1. The van der Waals surface area contributed by atoms with Crippen molar-refractivity contribution in [2.45, 2.75) is 64.3 Å². The third-order valence-corrected chi connectivity index (χ3v) is 6.10. The summed E-state index contributed by atoms with van der Waals surface area (Å²) in [4.78, 5) is 14.2. The topological polar surface area (TPSA) is 71.4 Å². The van der Waals surface area contributed by atoms with Gasteiger partial charge in [-0.25, -0.2) is 13.9 Å². The molecular formula is C27H36FN5O2. The zero-order valence-electron chi connectivity index (χ0n) is 21.3. The first-order valence-corrected chi connectivity index (χ1v) is 12.3. The fourth-order valence-electron chi connectivity index (χ4n) is 4.37. The molecule has 7 nitrogen and oxygen atoms in total. The highest BCUT2D eigenvalue weighted by atomic mass is 19.1. The Labute approximate surface area is 206 Å². The van der Waals surface area contributed by atoms with Gasteiger partial charge in [0.25, 0.3) is 0 Å². The lowest BCUT2D eigenvalue weighted by Gasteiger charge is -2.37. The molecule has 188 valence electrons. The number of carbonyl (C=O) groups is 1. The summed E-state index contributed by atoms with van der Waals surface area (Å²) < 4.78 is 21.8. The van der Waals surface area contributed by atoms with E-state index in [0.717, 1.165) is 54.6 Å². The molecule has 1 aliphatic carbocycles. The molecule has 0 radical (unpaired) electrons. The van der Waals surface area contributed by atoms with Crippen molar-refractivity contribution in [3.8, 4) is 11.1 Å². The molecule has 1 amide bonds. The number of ether oxygens (including phenoxy) is 1. The Bertz CT molecular complexity index is 1180. The summed E-state index contributed by atoms with van der Waals surface area (Å²) in [6.07, 6.45) is 2.22. The van der Waals surface area contributed by atoms with Crippen molar-refractivity contribution in [1.82, 2.24) is 20.0 Å². The first-order chi connectivity index (χ1) is 16.6. The number of anilines is 1. The third-order valence-electron chi connectivity index (χ3n) is 6.10. The van der Waals surface area contributed by atoms with Crippen LogP contribution in [-0.4, -0.2) is 59.1 Å². The van der Waals surface area contributed by atoms with E-state index in [1.807, 2.05) is 49.7 Å². The molecule has 35 heavy (non-hydrogen) atoms. The van der Waals surface area contributed by atoms with Crippen molar-refractivity contribution in [2.24, 2.45) is 0 Å². The van der Waals surface area contributed by atoms with E-state index in [4.69, 9.17) is 9.84 Å². The van der Waals surface area contributed by atoms with Gasteiger partial charge >= 0.3 is 6.09 Å². The minimum Gasteiger partial charge on any atom is -0.444 e. The van der Waals surface area contributed by atoms with E-state index in [9.17, 15) is 9.18 Å². The first-order valence-electron chi connectivity index (χ1n) is 12.3. The summed E-state index contributed by atoms with van der Waals surface area (Å²) in [6.45, 7) is 7.31. The van der Waals surface area contributed by atoms with Crippen LogP contribution in [0.25, 0.3) is 22.0 Å². The number of fused-ring (bicyclic) bond motifs is 1. The summed E-state index contributed by atoms with van der Waals surface area (Å²) >= 11 is 0. The summed E-state index contributed by atoms with van der Waals surface area (Å²) in [5, 5.41) is 12.5. The third kappa shape index (κ3) is 6.31. The van der Waals surface area contributed by atoms with Gasteiger partial charge in [-0.1, -0.05) is 24.3 Å². The van der Waals surface area contributed by atoms with E-state index in [1.54, 1.807) is 12.1 Å². The van der Waals surface area contributed by atoms with Crippen molar-refractivity contribution >= 4 is 22.8 Å². The van der Waals surface area contributed by atoms with Crippen LogP contribution in [-0.2, 0) is 11.3 Å². The van der Waals surface area contributed by atoms with E-state index in [-0.39, 0.29) is 24.0 Å². The number of aryl methyl sites for hydroxylation is 1. The molecule has 0 aliphatic heterocycles. The number of amides is 1. The van der Waals surface area contributed by atoms with Gasteiger partial charge in [0, 0.05) is 29.6 Å². The van der Waals surface area contributed by atoms with Gasteiger partial charge in [-0.05, 0) is 84.4 Å². The molecule has 3 aromatic rings. The van der Waals surface area contributed by atoms with Crippen molar-refractivity contribution in [1.29, 1.82) is 0 Å². The number of nitrogens with one attached hydrogen (secondary N) is 2. The zero-order chi connectivity index (χ0) is 25.2. The molecule has 4 rings (SSSR count). The van der Waals surface area contributed by atoms with Gasteiger partial charge in [-0.2, -0.15) is 5.10 Å². The Morgan fingerprint density at radius 3 is 2.60 bits per heavy atom. The molecule has 8 heteroatoms. The number of benzene rings is 2. The second kappa shape index (κ2) is 10.2. The molecule has 0 saturated heterocycles. The van der Waals surface area contributed by atoms with Crippen LogP contribution in [0.3, 0.4) is 0 Å². The quantitative estimate of drug-likeness (QED) is 0.459. The van der Waals surface area contributed by atoms with E-state index >= 15 is 0 Å². The predicted octanol–water partition coefficient (Wildman–Crippen LogP) is 5.26. The van der Waals surface area contributed by atoms with Crippen molar-refractivity contribution in [3.05, 3.63) is 48.3 Å². The highest BCUT2D eigenvalue weighted by Crippen LogP contribution is 2.33. The van der Waals surface area contributed by atoms with Crippen molar-refractivity contribution in [3.63, 3.8) is 0 Å². The van der Waals surface area contributed by atoms with Gasteiger partial charge < -0.3 is 20.3 Å². The fourth-order valence-corrected chi connectivity index (χ4v) is 4.37. The van der Waals surface area contributed by atoms with E-state index in [0.29, 0.717) is 5.56 Å². The fraction of sp³-hybridized carbons (Fsp3) is 0.481. The van der Waals surface area contributed by atoms with E-state index in [2.05, 4.69) is 29.6 Å². The van der Waals surface area contributed by atoms with Crippen molar-refractivity contribution < 1.29 is 13.9 Å². The lowest BCUT2D eigenvalue weighted by Crippen LogP contribution is -2.51. The monoisotopic (exact) mass is 481 g/mol. The minimum absolute atomic E-state index is 0.0892. The maximum absolute atomic E-state index is 14.4. The smallest absolute Gasteiger partial charge is 0.407 e. The Morgan fingerprint density at radius 1 is 1.17 bits per heavy atom. The summed E-state index contributed by atoms with van der Waals surface area (Å²) in [6, 6.07) is 13.0. The number of alkyl carbamates (subject to hydrolysis) is 1. The van der Waals surface area contributed by atoms with E-state index in [1.165, 1.54) is 6.07 Å². The second-order valence-electron chi connectivity index (χ2n) is 10.6. The maximum Gasteiger partial charge on any atom is 0.407 e. The number of hydrogen-bond acceptors (Lipinski definition) is 5. The van der Waals surface area contributed by atoms with Gasteiger partial charge in [-0.3, -0.25) is 0 Å². The summed E-state index contributed by atoms with van der Waals surface area (Å²) in [5.74, 6) is 0.730. The predicted molar refractivity (Wildman–Crippen MR) is 138 cm³/mol. The Kier molecular flexibility index (Phi) is 7.31. The Morgan fingerprint density at radius 2 is 1.91 bits per heavy atom. The van der Waals surface area contributed by atoms with Gasteiger partial charge in [0.15, 0.2) is 0 Å². The largest absolute Gasteiger partial charge is 0.444 e. The highest BCUT2D eigenvalue weighted by molar-refractivity contribution is 5.93. The average Bonchev–Trinajstić information content (AvgIpc) is 3.07. The molecule has 0 spiro atoms. The zero-order valence-corrected chi connectivity index (χ0v) is 21.3. The average molecular weight is 482 g/mol. The van der Waals surface area contributed by atoms with Crippen LogP contribution in [0.2, 0.25) is 0 Å². The normalized spacial score (nSPS) is 17.9. The van der Waals surface area contributed by atoms with Gasteiger partial charge in [-0.15, -0.1) is 0 Å². The standard InChI is InChI=1S/C27H36FN5O2/c1-27(2,3)35-26(34)30-20-16-19(17-20)29-25-22-12-11-18(21-9-6-7-10-23(21)28)15-24(22)31-33(25)14-8-13-32(4)5/h6-7,9-12,15,19-20,29H,8,13-14,16-17H2,1-5H3,(H,30,34). The second-order valence-corrected chi connectivity index (χ2v) is 10.6. The van der Waals surface area contributed by atoms with Gasteiger partial charge in [0.1, 0.15) is 17.2 Å². The molecule has 0 atom stereocenters. The number of halogens is 1. The van der Waals surface area contributed by atoms with Crippen LogP contribution in [0.4, 0.5) is 15.0 Å². The van der Waals surface area contributed by atoms with Crippen LogP contribution >= 0.6 is 0 Å². The molecule has 1 saturated carbocycles. The number of carbonyl (C=O) groups excluding carboxylic acids is 1. The molecule has 1 aromatic heterocycles. The number of rotatable bonds is 8. The van der Waals surface area contributed by atoms with Crippen molar-refractivity contribution in [2.75, 3.05) is 26.0 Å². The Hall–Kier alpha value is -3.13. The van der Waals surface area contributed by atoms with Gasteiger partial charge in [0.05, 0.1) is 5.52 Å². The Balaban J connectivity index is 1.50. The highest BCUT2D eigenvalue weighted by Gasteiger charge is 2.32. The molecule has 1 fully saturated rings. The molecular weight excluding hydrogens is 445 g/mol. The van der Waals surface area contributed by atoms with Crippen LogP contribution in [0.5, 0.6) is 0 Å². The van der Waals surface area contributed by atoms with Gasteiger partial charge in [0.2, 0.25) is 0 Å². The molecule has 0 unspecified atom stereocenters. The minimum atomic E-state index is -0.509. The number of nitrogens with zero attached hydrogens (tertiary/aromatic N) is 3. The lowest BCUT2D eigenvalue weighted by atomic mass is 9.87. The lowest BCUT2D eigenvalue weighted by molar-refractivity contribution is 0.0475. The molecule has 2 aromatic carbocycles. The number of aromatic nitrogens is 2. The molecule has 0 bridgehead atoms. The van der Waals surface area contributed by atoms with Crippen LogP contribution in [0.1, 0.15) is 40.0 Å². The van der Waals surface area contributed by atoms with Crippen LogP contribution in [0, 0.1) is 5.82 Å². The molecule has 2 N–H and O–H groups in total. The molecule has 1 heterocycles. The summed E-state index contributed by atoms with van der Waals surface area (Å²) in [5.41, 5.74) is 1.71. The first kappa shape index (κ1) is 25.0. The molecule has 1 aliphatic rings. The van der Waals surface area contributed by atoms with E-state index < -0.39 is 5.60 Å². The van der Waals surface area contributed by atoms with Crippen LogP contribution in [0.15, 0.2) is 42.5 Å². The van der Waals surface area contributed by atoms with Crippen LogP contribution < -0.4 is 10.6 Å². The number of hydrogen-bond donors (Lipinski definition) is 2. The summed E-state index contributed by atoms with van der Waals surface area (Å²) in [7, 11) is 4.12.